The van der Waals surface area contributed by atoms with E-state index < -0.39 is 33.5 Å². The SMILES string of the molecule is Cc1ccc(C)c(NC(=O)c2cccc(S(=O)(=O)NCC(F)(F)F)c2)c1. The van der Waals surface area contributed by atoms with E-state index in [-0.39, 0.29) is 5.56 Å². The molecule has 2 N–H and O–H groups in total. The van der Waals surface area contributed by atoms with Crippen LogP contribution < -0.4 is 10.0 Å². The molecule has 0 bridgehead atoms. The first-order valence-corrected chi connectivity index (χ1v) is 9.01. The van der Waals surface area contributed by atoms with Gasteiger partial charge in [-0.05, 0) is 49.2 Å². The van der Waals surface area contributed by atoms with E-state index in [0.29, 0.717) is 5.69 Å². The average Bonchev–Trinajstić information content (AvgIpc) is 2.56. The molecule has 5 nitrogen and oxygen atoms in total. The summed E-state index contributed by atoms with van der Waals surface area (Å²) in [5.41, 5.74) is 2.33. The van der Waals surface area contributed by atoms with Crippen LogP contribution in [0.15, 0.2) is 47.4 Å². The quantitative estimate of drug-likeness (QED) is 0.827. The van der Waals surface area contributed by atoms with Crippen molar-refractivity contribution < 1.29 is 26.4 Å². The standard InChI is InChI=1S/C17H17F3N2O3S/c1-11-6-7-12(2)15(8-11)22-16(23)13-4-3-5-14(9-13)26(24,25)21-10-17(18,19)20/h3-9,21H,10H2,1-2H3,(H,22,23). The van der Waals surface area contributed by atoms with Gasteiger partial charge in [0.05, 0.1) is 4.90 Å². The highest BCUT2D eigenvalue weighted by Gasteiger charge is 2.30. The van der Waals surface area contributed by atoms with Gasteiger partial charge < -0.3 is 5.32 Å². The van der Waals surface area contributed by atoms with Gasteiger partial charge in [0.2, 0.25) is 10.0 Å². The number of carbonyl (C=O) groups is 1. The number of carbonyl (C=O) groups excluding carboxylic acids is 1. The lowest BCUT2D eigenvalue weighted by Gasteiger charge is -2.12. The minimum absolute atomic E-state index is 0.0146. The van der Waals surface area contributed by atoms with Gasteiger partial charge in [-0.25, -0.2) is 13.1 Å². The highest BCUT2D eigenvalue weighted by atomic mass is 32.2. The van der Waals surface area contributed by atoms with Crippen molar-refractivity contribution >= 4 is 21.6 Å². The van der Waals surface area contributed by atoms with E-state index >= 15 is 0 Å². The number of hydrogen-bond acceptors (Lipinski definition) is 3. The number of nitrogens with one attached hydrogen (secondary N) is 2. The number of sulfonamides is 1. The Bertz CT molecular complexity index is 925. The first-order chi connectivity index (χ1) is 12.0. The fourth-order valence-corrected chi connectivity index (χ4v) is 3.19. The van der Waals surface area contributed by atoms with Crippen molar-refractivity contribution in [2.75, 3.05) is 11.9 Å². The van der Waals surface area contributed by atoms with Gasteiger partial charge in [-0.1, -0.05) is 18.2 Å². The van der Waals surface area contributed by atoms with Crippen LogP contribution >= 0.6 is 0 Å². The third-order valence-electron chi connectivity index (χ3n) is 3.51. The van der Waals surface area contributed by atoms with E-state index in [1.54, 1.807) is 13.0 Å². The van der Waals surface area contributed by atoms with Crippen molar-refractivity contribution in [1.82, 2.24) is 4.72 Å². The molecular formula is C17H17F3N2O3S. The predicted molar refractivity (Wildman–Crippen MR) is 91.6 cm³/mol. The van der Waals surface area contributed by atoms with Gasteiger partial charge in [-0.15, -0.1) is 0 Å². The van der Waals surface area contributed by atoms with Gasteiger partial charge in [0.15, 0.2) is 0 Å². The fourth-order valence-electron chi connectivity index (χ4n) is 2.13. The number of alkyl halides is 3. The minimum atomic E-state index is -4.68. The largest absolute Gasteiger partial charge is 0.402 e. The molecule has 2 aromatic rings. The number of amides is 1. The van der Waals surface area contributed by atoms with E-state index in [4.69, 9.17) is 0 Å². The van der Waals surface area contributed by atoms with Gasteiger partial charge in [0.25, 0.3) is 5.91 Å². The van der Waals surface area contributed by atoms with Crippen LogP contribution in [0.3, 0.4) is 0 Å². The molecule has 0 aliphatic rings. The molecule has 0 aromatic heterocycles. The number of anilines is 1. The van der Waals surface area contributed by atoms with E-state index in [0.717, 1.165) is 23.3 Å². The maximum absolute atomic E-state index is 12.4. The minimum Gasteiger partial charge on any atom is -0.322 e. The number of hydrogen-bond donors (Lipinski definition) is 2. The van der Waals surface area contributed by atoms with Crippen LogP contribution in [0.4, 0.5) is 18.9 Å². The second-order valence-electron chi connectivity index (χ2n) is 5.74. The molecule has 0 fully saturated rings. The summed E-state index contributed by atoms with van der Waals surface area (Å²) in [5.74, 6) is -0.563. The number of aryl methyl sites for hydroxylation is 2. The van der Waals surface area contributed by atoms with Crippen LogP contribution in [0.5, 0.6) is 0 Å². The Morgan fingerprint density at radius 3 is 2.42 bits per heavy atom. The highest BCUT2D eigenvalue weighted by molar-refractivity contribution is 7.89. The molecule has 0 aliphatic heterocycles. The topological polar surface area (TPSA) is 75.3 Å². The number of benzene rings is 2. The molecule has 0 heterocycles. The van der Waals surface area contributed by atoms with E-state index in [9.17, 15) is 26.4 Å². The van der Waals surface area contributed by atoms with Crippen LogP contribution in [-0.4, -0.2) is 27.0 Å². The first kappa shape index (κ1) is 19.9. The Kier molecular flexibility index (Phi) is 5.72. The van der Waals surface area contributed by atoms with Crippen LogP contribution in [0, 0.1) is 13.8 Å². The Balaban J connectivity index is 2.23. The van der Waals surface area contributed by atoms with Crippen LogP contribution in [0.1, 0.15) is 21.5 Å². The number of rotatable bonds is 5. The highest BCUT2D eigenvalue weighted by Crippen LogP contribution is 2.19. The fraction of sp³-hybridized carbons (Fsp3) is 0.235. The second-order valence-corrected chi connectivity index (χ2v) is 7.51. The molecule has 9 heteroatoms. The summed E-state index contributed by atoms with van der Waals surface area (Å²) in [4.78, 5) is 11.9. The lowest BCUT2D eigenvalue weighted by molar-refractivity contribution is -0.121. The van der Waals surface area contributed by atoms with Crippen molar-refractivity contribution in [2.45, 2.75) is 24.9 Å². The molecule has 1 amide bonds. The maximum Gasteiger partial charge on any atom is 0.402 e. The Morgan fingerprint density at radius 1 is 1.08 bits per heavy atom. The maximum atomic E-state index is 12.4. The summed E-state index contributed by atoms with van der Waals surface area (Å²) in [6, 6.07) is 10.3. The van der Waals surface area contributed by atoms with Crippen molar-refractivity contribution in [2.24, 2.45) is 0 Å². The molecule has 26 heavy (non-hydrogen) atoms. The van der Waals surface area contributed by atoms with Crippen molar-refractivity contribution in [3.05, 3.63) is 59.2 Å². The molecule has 0 radical (unpaired) electrons. The lowest BCUT2D eigenvalue weighted by atomic mass is 10.1. The smallest absolute Gasteiger partial charge is 0.322 e. The zero-order valence-corrected chi connectivity index (χ0v) is 14.8. The Labute approximate surface area is 149 Å². The molecular weight excluding hydrogens is 369 g/mol. The third kappa shape index (κ3) is 5.30. The monoisotopic (exact) mass is 386 g/mol. The Hall–Kier alpha value is -2.39. The normalized spacial score (nSPS) is 12.0. The first-order valence-electron chi connectivity index (χ1n) is 7.53. The molecule has 0 atom stereocenters. The van der Waals surface area contributed by atoms with E-state index in [2.05, 4.69) is 5.32 Å². The van der Waals surface area contributed by atoms with Gasteiger partial charge in [0.1, 0.15) is 6.54 Å². The molecule has 0 spiro atoms. The molecule has 0 saturated heterocycles. The number of halogens is 3. The lowest BCUT2D eigenvalue weighted by Crippen LogP contribution is -2.33. The van der Waals surface area contributed by atoms with E-state index in [1.807, 2.05) is 19.1 Å². The van der Waals surface area contributed by atoms with Gasteiger partial charge in [-0.2, -0.15) is 13.2 Å². The summed E-state index contributed by atoms with van der Waals surface area (Å²) in [7, 11) is -4.39. The summed E-state index contributed by atoms with van der Waals surface area (Å²) < 4.78 is 62.1. The zero-order valence-electron chi connectivity index (χ0n) is 14.0. The molecule has 2 rings (SSSR count). The summed E-state index contributed by atoms with van der Waals surface area (Å²) >= 11 is 0. The third-order valence-corrected chi connectivity index (χ3v) is 4.91. The molecule has 2 aromatic carbocycles. The van der Waals surface area contributed by atoms with Crippen LogP contribution in [0.25, 0.3) is 0 Å². The van der Waals surface area contributed by atoms with Crippen LogP contribution in [-0.2, 0) is 10.0 Å². The van der Waals surface area contributed by atoms with Crippen molar-refractivity contribution in [3.8, 4) is 0 Å². The van der Waals surface area contributed by atoms with E-state index in [1.165, 1.54) is 16.9 Å². The summed E-state index contributed by atoms with van der Waals surface area (Å²) in [5, 5.41) is 2.67. The Morgan fingerprint density at radius 2 is 1.77 bits per heavy atom. The molecule has 0 aliphatic carbocycles. The van der Waals surface area contributed by atoms with Crippen molar-refractivity contribution in [1.29, 1.82) is 0 Å². The zero-order chi connectivity index (χ0) is 19.5. The van der Waals surface area contributed by atoms with Gasteiger partial charge in [-0.3, -0.25) is 4.79 Å². The summed E-state index contributed by atoms with van der Waals surface area (Å²) in [6.07, 6.45) is -4.68. The second kappa shape index (κ2) is 7.46. The summed E-state index contributed by atoms with van der Waals surface area (Å²) in [6.45, 7) is 1.97. The van der Waals surface area contributed by atoms with Gasteiger partial charge >= 0.3 is 6.18 Å². The van der Waals surface area contributed by atoms with Crippen LogP contribution in [0.2, 0.25) is 0 Å². The molecule has 0 unspecified atom stereocenters. The molecule has 0 saturated carbocycles. The predicted octanol–water partition coefficient (Wildman–Crippen LogP) is 3.40. The average molecular weight is 386 g/mol. The molecule has 140 valence electrons. The van der Waals surface area contributed by atoms with Crippen molar-refractivity contribution in [3.63, 3.8) is 0 Å². The van der Waals surface area contributed by atoms with Gasteiger partial charge in [0, 0.05) is 11.3 Å².